The monoisotopic (exact) mass is 214 g/mol. The van der Waals surface area contributed by atoms with E-state index >= 15 is 0 Å². The lowest BCUT2D eigenvalue weighted by Crippen LogP contribution is -1.84. The van der Waals surface area contributed by atoms with Crippen LogP contribution in [-0.4, -0.2) is 5.71 Å². The Morgan fingerprint density at radius 2 is 1.94 bits per heavy atom. The maximum absolute atomic E-state index is 5.60. The fraction of sp³-hybridized carbons (Fsp3) is 0.214. The molecule has 0 bridgehead atoms. The van der Waals surface area contributed by atoms with E-state index in [1.54, 1.807) is 0 Å². The van der Waals surface area contributed by atoms with Crippen LogP contribution < -0.4 is 5.73 Å². The Kier molecular flexibility index (Phi) is 5.06. The van der Waals surface area contributed by atoms with Gasteiger partial charge in [-0.1, -0.05) is 25.2 Å². The van der Waals surface area contributed by atoms with Crippen LogP contribution in [0.3, 0.4) is 0 Å². The van der Waals surface area contributed by atoms with Crippen LogP contribution in [0, 0.1) is 0 Å². The summed E-state index contributed by atoms with van der Waals surface area (Å²) in [5.74, 6) is 0. The molecule has 0 saturated carbocycles. The highest BCUT2D eigenvalue weighted by atomic mass is 14.7. The molecular formula is C14H18N2. The van der Waals surface area contributed by atoms with Crippen molar-refractivity contribution in [1.82, 2.24) is 0 Å². The van der Waals surface area contributed by atoms with E-state index in [-0.39, 0.29) is 0 Å². The van der Waals surface area contributed by atoms with E-state index in [9.17, 15) is 0 Å². The van der Waals surface area contributed by atoms with Crippen molar-refractivity contribution in [2.75, 3.05) is 5.73 Å². The summed E-state index contributed by atoms with van der Waals surface area (Å²) in [6.45, 7) is 4.09. The van der Waals surface area contributed by atoms with Gasteiger partial charge in [0.25, 0.3) is 0 Å². The van der Waals surface area contributed by atoms with Gasteiger partial charge in [0.05, 0.1) is 5.69 Å². The highest BCUT2D eigenvalue weighted by Gasteiger charge is 1.89. The van der Waals surface area contributed by atoms with Crippen LogP contribution >= 0.6 is 0 Å². The molecule has 0 saturated heterocycles. The van der Waals surface area contributed by atoms with Crippen molar-refractivity contribution in [2.24, 2.45) is 4.99 Å². The molecule has 0 fully saturated rings. The molecule has 84 valence electrons. The van der Waals surface area contributed by atoms with Crippen LogP contribution in [0.2, 0.25) is 0 Å². The van der Waals surface area contributed by atoms with Crippen LogP contribution in [0.1, 0.15) is 20.3 Å². The number of rotatable bonds is 4. The molecule has 0 aliphatic carbocycles. The van der Waals surface area contributed by atoms with Crippen molar-refractivity contribution in [3.63, 3.8) is 0 Å². The second-order valence-corrected chi connectivity index (χ2v) is 3.54. The van der Waals surface area contributed by atoms with E-state index in [0.29, 0.717) is 0 Å². The third-order valence-electron chi connectivity index (χ3n) is 2.02. The van der Waals surface area contributed by atoms with E-state index in [0.717, 1.165) is 23.5 Å². The minimum atomic E-state index is 0.762. The van der Waals surface area contributed by atoms with Crippen molar-refractivity contribution >= 4 is 17.1 Å². The zero-order valence-corrected chi connectivity index (χ0v) is 9.85. The summed E-state index contributed by atoms with van der Waals surface area (Å²) in [7, 11) is 0. The Morgan fingerprint density at radius 3 is 2.56 bits per heavy atom. The predicted molar refractivity (Wildman–Crippen MR) is 72.2 cm³/mol. The maximum atomic E-state index is 5.60. The van der Waals surface area contributed by atoms with Crippen molar-refractivity contribution in [3.8, 4) is 0 Å². The molecule has 0 radical (unpaired) electrons. The standard InChI is InChI=1S/C14H18N2/c1-3-4-5-6-7-12(2)16-14-10-8-13(15)9-11-14/h4-11H,3,15H2,1-2H3/b5-4-,7-6-,16-12?. The van der Waals surface area contributed by atoms with Crippen LogP contribution in [0.15, 0.2) is 53.6 Å². The molecule has 1 aromatic rings. The van der Waals surface area contributed by atoms with Gasteiger partial charge in [-0.3, -0.25) is 4.99 Å². The summed E-state index contributed by atoms with van der Waals surface area (Å²) >= 11 is 0. The van der Waals surface area contributed by atoms with Gasteiger partial charge in [-0.05, 0) is 43.7 Å². The minimum Gasteiger partial charge on any atom is -0.399 e. The van der Waals surface area contributed by atoms with Gasteiger partial charge in [0.2, 0.25) is 0 Å². The highest BCUT2D eigenvalue weighted by molar-refractivity contribution is 5.94. The Morgan fingerprint density at radius 1 is 1.25 bits per heavy atom. The second kappa shape index (κ2) is 6.62. The smallest absolute Gasteiger partial charge is 0.0634 e. The Hall–Kier alpha value is -1.83. The van der Waals surface area contributed by atoms with Crippen molar-refractivity contribution in [2.45, 2.75) is 20.3 Å². The summed E-state index contributed by atoms with van der Waals surface area (Å²) in [4.78, 5) is 4.44. The number of allylic oxidation sites excluding steroid dienone is 4. The largest absolute Gasteiger partial charge is 0.399 e. The summed E-state index contributed by atoms with van der Waals surface area (Å²) in [5, 5.41) is 0. The third kappa shape index (κ3) is 4.60. The number of anilines is 1. The number of hydrogen-bond donors (Lipinski definition) is 1. The fourth-order valence-electron chi connectivity index (χ4n) is 1.20. The maximum Gasteiger partial charge on any atom is 0.0634 e. The number of aliphatic imine (C=N–C) groups is 1. The van der Waals surface area contributed by atoms with E-state index in [1.165, 1.54) is 0 Å². The molecule has 0 spiro atoms. The molecule has 16 heavy (non-hydrogen) atoms. The predicted octanol–water partition coefficient (Wildman–Crippen LogP) is 3.88. The fourth-order valence-corrected chi connectivity index (χ4v) is 1.20. The third-order valence-corrected chi connectivity index (χ3v) is 2.02. The number of nitrogens with two attached hydrogens (primary N) is 1. The Labute approximate surface area is 97.2 Å². The van der Waals surface area contributed by atoms with Gasteiger partial charge in [0.15, 0.2) is 0 Å². The molecule has 0 aliphatic heterocycles. The summed E-state index contributed by atoms with van der Waals surface area (Å²) in [6, 6.07) is 7.53. The van der Waals surface area contributed by atoms with Gasteiger partial charge < -0.3 is 5.73 Å². The minimum absolute atomic E-state index is 0.762. The van der Waals surface area contributed by atoms with Crippen LogP contribution in [0.5, 0.6) is 0 Å². The lowest BCUT2D eigenvalue weighted by atomic mass is 10.3. The number of nitrogen functional groups attached to an aromatic ring is 1. The molecular weight excluding hydrogens is 196 g/mol. The summed E-state index contributed by atoms with van der Waals surface area (Å²) in [5.41, 5.74) is 8.27. The summed E-state index contributed by atoms with van der Waals surface area (Å²) < 4.78 is 0. The lowest BCUT2D eigenvalue weighted by molar-refractivity contribution is 1.22. The molecule has 2 heteroatoms. The van der Waals surface area contributed by atoms with E-state index in [2.05, 4.69) is 18.0 Å². The molecule has 0 heterocycles. The molecule has 0 aliphatic rings. The average Bonchev–Trinajstić information content (AvgIpc) is 2.28. The first-order chi connectivity index (χ1) is 7.72. The van der Waals surface area contributed by atoms with Gasteiger partial charge in [0.1, 0.15) is 0 Å². The van der Waals surface area contributed by atoms with Gasteiger partial charge in [-0.15, -0.1) is 0 Å². The zero-order chi connectivity index (χ0) is 11.8. The Balaban J connectivity index is 2.66. The molecule has 0 aromatic heterocycles. The number of nitrogens with zero attached hydrogens (tertiary/aromatic N) is 1. The first-order valence-corrected chi connectivity index (χ1v) is 5.46. The highest BCUT2D eigenvalue weighted by Crippen LogP contribution is 2.14. The van der Waals surface area contributed by atoms with Gasteiger partial charge in [-0.25, -0.2) is 0 Å². The number of hydrogen-bond acceptors (Lipinski definition) is 2. The zero-order valence-electron chi connectivity index (χ0n) is 9.85. The van der Waals surface area contributed by atoms with Crippen molar-refractivity contribution in [3.05, 3.63) is 48.6 Å². The molecule has 0 unspecified atom stereocenters. The van der Waals surface area contributed by atoms with Crippen molar-refractivity contribution in [1.29, 1.82) is 0 Å². The number of benzene rings is 1. The van der Waals surface area contributed by atoms with Crippen LogP contribution in [0.4, 0.5) is 11.4 Å². The van der Waals surface area contributed by atoms with Crippen molar-refractivity contribution < 1.29 is 0 Å². The second-order valence-electron chi connectivity index (χ2n) is 3.54. The summed E-state index contributed by atoms with van der Waals surface area (Å²) in [6.07, 6.45) is 9.18. The SMILES string of the molecule is CC/C=C\C=C/C(C)=Nc1ccc(N)cc1. The first-order valence-electron chi connectivity index (χ1n) is 5.46. The average molecular weight is 214 g/mol. The molecule has 0 atom stereocenters. The van der Waals surface area contributed by atoms with Crippen LogP contribution in [-0.2, 0) is 0 Å². The van der Waals surface area contributed by atoms with Crippen LogP contribution in [0.25, 0.3) is 0 Å². The van der Waals surface area contributed by atoms with E-state index in [4.69, 9.17) is 5.73 Å². The molecule has 0 amide bonds. The van der Waals surface area contributed by atoms with Gasteiger partial charge in [-0.2, -0.15) is 0 Å². The normalized spacial score (nSPS) is 12.8. The first kappa shape index (κ1) is 12.2. The Bertz CT molecular complexity index is 397. The molecule has 1 aromatic carbocycles. The van der Waals surface area contributed by atoms with Gasteiger partial charge in [0, 0.05) is 11.4 Å². The lowest BCUT2D eigenvalue weighted by Gasteiger charge is -1.96. The van der Waals surface area contributed by atoms with E-state index < -0.39 is 0 Å². The molecule has 2 N–H and O–H groups in total. The van der Waals surface area contributed by atoms with Gasteiger partial charge >= 0.3 is 0 Å². The quantitative estimate of drug-likeness (QED) is 0.461. The topological polar surface area (TPSA) is 38.4 Å². The molecule has 2 nitrogen and oxygen atoms in total. The van der Waals surface area contributed by atoms with E-state index in [1.807, 2.05) is 49.4 Å². The molecule has 1 rings (SSSR count).